The molecule has 86 heavy (non-hydrogen) atoms. The van der Waals surface area contributed by atoms with E-state index in [1.807, 2.05) is 0 Å². The van der Waals surface area contributed by atoms with Crippen LogP contribution in [0.1, 0.15) is 287 Å². The monoisotopic (exact) mass is 1120 g/mol. The highest BCUT2D eigenvalue weighted by atomic mass is 15.1. The summed E-state index contributed by atoms with van der Waals surface area (Å²) in [7, 11) is 0. The van der Waals surface area contributed by atoms with Crippen molar-refractivity contribution in [1.82, 2.24) is 13.7 Å². The lowest BCUT2D eigenvalue weighted by atomic mass is 9.29. The zero-order valence-electron chi connectivity index (χ0n) is 51.8. The van der Waals surface area contributed by atoms with Crippen molar-refractivity contribution < 1.29 is 0 Å². The van der Waals surface area contributed by atoms with Gasteiger partial charge >= 0.3 is 0 Å². The maximum absolute atomic E-state index is 3.01. The molecule has 20 rings (SSSR count). The van der Waals surface area contributed by atoms with Crippen LogP contribution in [0.15, 0.2) is 84.9 Å². The second-order valence-electron chi connectivity index (χ2n) is 30.9. The van der Waals surface area contributed by atoms with Crippen LogP contribution < -0.4 is 32.8 Å². The van der Waals surface area contributed by atoms with Crippen molar-refractivity contribution in [2.45, 2.75) is 248 Å². The smallest absolute Gasteiger partial charge is 0.252 e. The van der Waals surface area contributed by atoms with E-state index < -0.39 is 0 Å². The van der Waals surface area contributed by atoms with Crippen LogP contribution in [0.3, 0.4) is 0 Å². The molecule has 4 aliphatic heterocycles. The maximum atomic E-state index is 3.01. The number of hydrogen-bond donors (Lipinski definition) is 0. The Kier molecular flexibility index (Phi) is 11.4. The van der Waals surface area contributed by atoms with Crippen LogP contribution in [0.4, 0.5) is 0 Å². The summed E-state index contributed by atoms with van der Waals surface area (Å²) in [5, 5.41) is 9.23. The summed E-state index contributed by atoms with van der Waals surface area (Å²) in [6, 6.07) is 38.8. The second-order valence-corrected chi connectivity index (χ2v) is 30.9. The third kappa shape index (κ3) is 7.07. The Bertz CT molecular complexity index is 4240. The number of aromatic nitrogens is 3. The van der Waals surface area contributed by atoms with Crippen LogP contribution in [0.25, 0.3) is 82.5 Å². The minimum absolute atomic E-state index is 0.140. The average molecular weight is 1120 g/mol. The van der Waals surface area contributed by atoms with Crippen LogP contribution in [0.2, 0.25) is 0 Å². The molecule has 3 nitrogen and oxygen atoms in total. The van der Waals surface area contributed by atoms with E-state index in [0.717, 1.165) is 0 Å². The van der Waals surface area contributed by atoms with E-state index in [0.29, 0.717) is 35.5 Å². The summed E-state index contributed by atoms with van der Waals surface area (Å²) in [5.74, 6) is 4.05. The molecule has 0 atom stereocenters. The van der Waals surface area contributed by atoms with Crippen molar-refractivity contribution in [3.63, 3.8) is 0 Å². The molecule has 0 N–H and O–H groups in total. The fourth-order valence-electron chi connectivity index (χ4n) is 22.0. The minimum atomic E-state index is 0.140. The summed E-state index contributed by atoms with van der Waals surface area (Å²) in [6.45, 7) is 5.48. The number of fused-ring (bicyclic) bond motifs is 13. The summed E-state index contributed by atoms with van der Waals surface area (Å²) in [5.41, 5.74) is 34.7. The molecule has 0 bridgehead atoms. The fraction of sp³-hybridized carbons (Fsp3) is 0.481. The first-order valence-corrected chi connectivity index (χ1v) is 36.2. The molecule has 0 unspecified atom stereocenters. The van der Waals surface area contributed by atoms with Crippen LogP contribution in [-0.4, -0.2) is 27.1 Å². The first-order chi connectivity index (χ1) is 42.5. The van der Waals surface area contributed by atoms with Gasteiger partial charge in [-0.05, 0) is 233 Å². The predicted molar refractivity (Wildman–Crippen MR) is 368 cm³/mol. The molecular formula is C81H87B2N3. The standard InChI is InChI=1S/C81H87B2N3/c1-47(2)72-79-73-81-74-80(72)85-71-36-34-55(49-23-11-4-12-24-49)38-61(71)63-40-57(51-27-15-6-16-28-51)44-67(76(63)85)83(74)69-46-59(53-31-19-8-20-32-53)42-65-64-41-58(52-29-17-7-18-30-52)45-68(77(64)86(81)78(65)69)82(73)66-43-56(50-25-13-5-14-26-50)39-62-60-37-54(48-21-9-3-10-22-48)33-35-70(60)84(79)75(62)66/h33-53H,3-32H2,1-2H3. The molecule has 6 aliphatic carbocycles. The van der Waals surface area contributed by atoms with Gasteiger partial charge < -0.3 is 13.7 Å². The molecular weight excluding hydrogens is 1040 g/mol. The molecule has 432 valence electrons. The third-order valence-electron chi connectivity index (χ3n) is 26.0. The molecule has 6 fully saturated rings. The van der Waals surface area contributed by atoms with Gasteiger partial charge in [-0.2, -0.15) is 0 Å². The van der Waals surface area contributed by atoms with Crippen LogP contribution in [0, 0.1) is 0 Å². The molecule has 10 aromatic rings. The van der Waals surface area contributed by atoms with Gasteiger partial charge in [0.2, 0.25) is 0 Å². The van der Waals surface area contributed by atoms with E-state index in [4.69, 9.17) is 0 Å². The summed E-state index contributed by atoms with van der Waals surface area (Å²) in [4.78, 5) is 0. The van der Waals surface area contributed by atoms with Gasteiger partial charge in [0.15, 0.2) is 0 Å². The molecule has 0 radical (unpaired) electrons. The van der Waals surface area contributed by atoms with Gasteiger partial charge in [0.1, 0.15) is 0 Å². The lowest BCUT2D eigenvalue weighted by molar-refractivity contribution is 0.444. The first kappa shape index (κ1) is 51.0. The average Bonchev–Trinajstić information content (AvgIpc) is 1.35. The van der Waals surface area contributed by atoms with Gasteiger partial charge in [-0.25, -0.2) is 0 Å². The highest BCUT2D eigenvalue weighted by molar-refractivity contribution is 7.04. The number of benzene rings is 7. The van der Waals surface area contributed by atoms with E-state index in [2.05, 4.69) is 112 Å². The second kappa shape index (κ2) is 19.3. The molecule has 6 saturated carbocycles. The number of nitrogens with zero attached hydrogens (tertiary/aromatic N) is 3. The predicted octanol–water partition coefficient (Wildman–Crippen LogP) is 18.7. The Morgan fingerprint density at radius 3 is 0.860 bits per heavy atom. The lowest BCUT2D eigenvalue weighted by Gasteiger charge is -2.44. The molecule has 0 amide bonds. The van der Waals surface area contributed by atoms with E-state index in [1.54, 1.807) is 99.2 Å². The molecule has 0 spiro atoms. The van der Waals surface area contributed by atoms with E-state index in [-0.39, 0.29) is 19.3 Å². The third-order valence-corrected chi connectivity index (χ3v) is 26.0. The Labute approximate surface area is 511 Å². The zero-order chi connectivity index (χ0) is 56.2. The quantitative estimate of drug-likeness (QED) is 0.141. The van der Waals surface area contributed by atoms with Crippen LogP contribution in [0.5, 0.6) is 0 Å². The van der Waals surface area contributed by atoms with Crippen molar-refractivity contribution in [1.29, 1.82) is 0 Å². The molecule has 5 heteroatoms. The maximum Gasteiger partial charge on any atom is 0.252 e. The van der Waals surface area contributed by atoms with Crippen molar-refractivity contribution in [3.05, 3.63) is 124 Å². The minimum Gasteiger partial charge on any atom is -0.311 e. The van der Waals surface area contributed by atoms with Gasteiger partial charge in [0.05, 0.1) is 11.0 Å². The van der Waals surface area contributed by atoms with Crippen molar-refractivity contribution in [3.8, 4) is 17.1 Å². The Hall–Kier alpha value is -5.93. The summed E-state index contributed by atoms with van der Waals surface area (Å²) in [6.07, 6.45) is 40.5. The van der Waals surface area contributed by atoms with Gasteiger partial charge in [-0.15, -0.1) is 0 Å². The van der Waals surface area contributed by atoms with Crippen molar-refractivity contribution in [2.24, 2.45) is 0 Å². The van der Waals surface area contributed by atoms with Gasteiger partial charge in [-0.1, -0.05) is 166 Å². The highest BCUT2D eigenvalue weighted by Gasteiger charge is 2.52. The zero-order valence-corrected chi connectivity index (χ0v) is 51.8. The van der Waals surface area contributed by atoms with Crippen molar-refractivity contribution >= 4 is 112 Å². The normalized spacial score (nSPS) is 21.2. The van der Waals surface area contributed by atoms with Crippen molar-refractivity contribution in [2.75, 3.05) is 0 Å². The summed E-state index contributed by atoms with van der Waals surface area (Å²) >= 11 is 0. The fourth-order valence-corrected chi connectivity index (χ4v) is 22.0. The molecule has 0 saturated heterocycles. The van der Waals surface area contributed by atoms with Crippen LogP contribution >= 0.6 is 0 Å². The topological polar surface area (TPSA) is 14.8 Å². The van der Waals surface area contributed by atoms with E-state index >= 15 is 0 Å². The van der Waals surface area contributed by atoms with E-state index in [1.165, 1.54) is 248 Å². The number of rotatable bonds is 7. The molecule has 7 heterocycles. The SMILES string of the molecule is CC(C)c1c2c3c4c5c1-n1c6ccc(C7CCCCC7)cc6c6cc(C7CCCCC7)cc(c61)B5c1cc(C5CCCCC5)cc5c6cc(C7CCCCC7)cc(c6n-4c15)B3c1cc(C3CCCCC3)cc3c4cc(C5CCCCC5)ccc4n-2c13. The van der Waals surface area contributed by atoms with Crippen LogP contribution in [-0.2, 0) is 0 Å². The van der Waals surface area contributed by atoms with E-state index in [9.17, 15) is 0 Å². The molecule has 10 aliphatic rings. The van der Waals surface area contributed by atoms with Gasteiger partial charge in [0, 0.05) is 77.0 Å². The Balaban J connectivity index is 0.989. The Morgan fingerprint density at radius 1 is 0.291 bits per heavy atom. The summed E-state index contributed by atoms with van der Waals surface area (Å²) < 4.78 is 8.94. The highest BCUT2D eigenvalue weighted by Crippen LogP contribution is 2.51. The number of hydrogen-bond acceptors (Lipinski definition) is 0. The lowest BCUT2D eigenvalue weighted by Crippen LogP contribution is -2.67. The van der Waals surface area contributed by atoms with Gasteiger partial charge in [0.25, 0.3) is 13.4 Å². The first-order valence-electron chi connectivity index (χ1n) is 36.2. The molecule has 7 aromatic carbocycles. The van der Waals surface area contributed by atoms with Gasteiger partial charge in [-0.3, -0.25) is 0 Å². The largest absolute Gasteiger partial charge is 0.311 e. The Morgan fingerprint density at radius 2 is 0.558 bits per heavy atom. The molecule has 3 aromatic heterocycles.